The van der Waals surface area contributed by atoms with Gasteiger partial charge < -0.3 is 10.4 Å². The van der Waals surface area contributed by atoms with E-state index >= 15 is 0 Å². The van der Waals surface area contributed by atoms with Crippen LogP contribution >= 0.6 is 0 Å². The number of hydrogen-bond donors (Lipinski definition) is 3. The third-order valence-corrected chi connectivity index (χ3v) is 2.01. The fourth-order valence-corrected chi connectivity index (χ4v) is 1.27. The summed E-state index contributed by atoms with van der Waals surface area (Å²) in [5, 5.41) is 22.6. The van der Waals surface area contributed by atoms with Crippen LogP contribution in [0.4, 0.5) is 5.69 Å². The predicted octanol–water partition coefficient (Wildman–Crippen LogP) is 0.211. The Morgan fingerprint density at radius 1 is 1.47 bits per heavy atom. The first-order valence-corrected chi connectivity index (χ1v) is 4.73. The molecule has 6 nitrogen and oxygen atoms in total. The summed E-state index contributed by atoms with van der Waals surface area (Å²) in [6, 6.07) is 0. The quantitative estimate of drug-likeness (QED) is 0.655. The number of anilines is 1. The van der Waals surface area contributed by atoms with Gasteiger partial charge in [-0.3, -0.25) is 9.78 Å². The van der Waals surface area contributed by atoms with Crippen LogP contribution in [0.5, 0.6) is 0 Å². The lowest BCUT2D eigenvalue weighted by Gasteiger charge is -1.99. The van der Waals surface area contributed by atoms with Crippen LogP contribution < -0.4 is 5.32 Å². The van der Waals surface area contributed by atoms with Gasteiger partial charge in [-0.1, -0.05) is 0 Å². The van der Waals surface area contributed by atoms with E-state index in [9.17, 15) is 0 Å². The standard InChI is InChI=1S/C9H13N5O/c15-2-1-14-7-8(4-13-14)3-10-9-5-11-12-6-9/h4-7,10,15H,1-3H2,(H,11,12). The number of rotatable bonds is 5. The molecule has 15 heavy (non-hydrogen) atoms. The summed E-state index contributed by atoms with van der Waals surface area (Å²) < 4.78 is 1.71. The molecule has 0 atom stereocenters. The minimum atomic E-state index is 0.107. The van der Waals surface area contributed by atoms with Gasteiger partial charge in [0.1, 0.15) is 0 Å². The van der Waals surface area contributed by atoms with Crippen molar-refractivity contribution in [2.45, 2.75) is 13.1 Å². The molecule has 0 saturated carbocycles. The zero-order valence-electron chi connectivity index (χ0n) is 8.22. The van der Waals surface area contributed by atoms with Gasteiger partial charge in [-0.05, 0) is 0 Å². The van der Waals surface area contributed by atoms with Gasteiger partial charge in [0.25, 0.3) is 0 Å². The van der Waals surface area contributed by atoms with Crippen molar-refractivity contribution < 1.29 is 5.11 Å². The van der Waals surface area contributed by atoms with Crippen LogP contribution in [-0.2, 0) is 13.1 Å². The Balaban J connectivity index is 1.88. The highest BCUT2D eigenvalue weighted by atomic mass is 16.3. The summed E-state index contributed by atoms with van der Waals surface area (Å²) in [5.41, 5.74) is 2.02. The van der Waals surface area contributed by atoms with Crippen molar-refractivity contribution in [2.75, 3.05) is 11.9 Å². The second-order valence-corrected chi connectivity index (χ2v) is 3.18. The van der Waals surface area contributed by atoms with E-state index < -0.39 is 0 Å². The molecular weight excluding hydrogens is 194 g/mol. The van der Waals surface area contributed by atoms with Crippen molar-refractivity contribution in [3.63, 3.8) is 0 Å². The minimum Gasteiger partial charge on any atom is -0.394 e. The molecule has 0 bridgehead atoms. The molecule has 0 unspecified atom stereocenters. The molecule has 0 aromatic carbocycles. The molecule has 2 heterocycles. The number of hydrogen-bond acceptors (Lipinski definition) is 4. The highest BCUT2D eigenvalue weighted by Gasteiger charge is 1.98. The Bertz CT molecular complexity index is 394. The first-order valence-electron chi connectivity index (χ1n) is 4.73. The van der Waals surface area contributed by atoms with Gasteiger partial charge in [-0.2, -0.15) is 10.2 Å². The second-order valence-electron chi connectivity index (χ2n) is 3.18. The van der Waals surface area contributed by atoms with Gasteiger partial charge in [0.15, 0.2) is 0 Å². The fourth-order valence-electron chi connectivity index (χ4n) is 1.27. The summed E-state index contributed by atoms with van der Waals surface area (Å²) in [6.45, 7) is 1.34. The molecule has 6 heteroatoms. The van der Waals surface area contributed by atoms with Crippen molar-refractivity contribution >= 4 is 5.69 Å². The molecule has 0 fully saturated rings. The molecule has 0 aliphatic heterocycles. The smallest absolute Gasteiger partial charge is 0.0726 e. The third kappa shape index (κ3) is 2.57. The topological polar surface area (TPSA) is 78.8 Å². The first-order chi connectivity index (χ1) is 7.38. The van der Waals surface area contributed by atoms with Gasteiger partial charge in [0, 0.05) is 24.5 Å². The zero-order valence-corrected chi connectivity index (χ0v) is 8.22. The Kier molecular flexibility index (Phi) is 2.99. The molecular formula is C9H13N5O. The largest absolute Gasteiger partial charge is 0.394 e. The summed E-state index contributed by atoms with van der Waals surface area (Å²) in [7, 11) is 0. The SMILES string of the molecule is OCCn1cc(CNc2cn[nH]c2)cn1. The van der Waals surface area contributed by atoms with E-state index in [1.54, 1.807) is 23.3 Å². The fraction of sp³-hybridized carbons (Fsp3) is 0.333. The minimum absolute atomic E-state index is 0.107. The summed E-state index contributed by atoms with van der Waals surface area (Å²) >= 11 is 0. The molecule has 2 aromatic heterocycles. The van der Waals surface area contributed by atoms with E-state index in [1.165, 1.54) is 0 Å². The molecule has 0 saturated heterocycles. The first kappa shape index (κ1) is 9.72. The van der Waals surface area contributed by atoms with Crippen molar-refractivity contribution in [3.05, 3.63) is 30.4 Å². The number of nitrogens with zero attached hydrogens (tertiary/aromatic N) is 3. The molecule has 0 aliphatic rings. The maximum absolute atomic E-state index is 8.72. The van der Waals surface area contributed by atoms with Crippen LogP contribution in [0.2, 0.25) is 0 Å². The Labute approximate surface area is 86.9 Å². The van der Waals surface area contributed by atoms with E-state index in [-0.39, 0.29) is 6.61 Å². The van der Waals surface area contributed by atoms with Crippen LogP contribution in [0, 0.1) is 0 Å². The van der Waals surface area contributed by atoms with Crippen molar-refractivity contribution in [1.82, 2.24) is 20.0 Å². The van der Waals surface area contributed by atoms with E-state index in [0.717, 1.165) is 11.3 Å². The lowest BCUT2D eigenvalue weighted by Crippen LogP contribution is -2.02. The Morgan fingerprint density at radius 2 is 2.40 bits per heavy atom. The molecule has 2 rings (SSSR count). The summed E-state index contributed by atoms with van der Waals surface area (Å²) in [5.74, 6) is 0. The number of H-pyrrole nitrogens is 1. The second kappa shape index (κ2) is 4.61. The normalized spacial score (nSPS) is 10.5. The number of aliphatic hydroxyl groups excluding tert-OH is 1. The number of aromatic amines is 1. The van der Waals surface area contributed by atoms with Crippen LogP contribution in [0.1, 0.15) is 5.56 Å². The highest BCUT2D eigenvalue weighted by Crippen LogP contribution is 2.05. The zero-order chi connectivity index (χ0) is 10.5. The van der Waals surface area contributed by atoms with Crippen LogP contribution in [0.15, 0.2) is 24.8 Å². The van der Waals surface area contributed by atoms with E-state index in [0.29, 0.717) is 13.1 Å². The van der Waals surface area contributed by atoms with Crippen molar-refractivity contribution in [1.29, 1.82) is 0 Å². The predicted molar refractivity (Wildman–Crippen MR) is 55.2 cm³/mol. The van der Waals surface area contributed by atoms with Crippen LogP contribution in [0.25, 0.3) is 0 Å². The molecule has 80 valence electrons. The number of nitrogens with one attached hydrogen (secondary N) is 2. The lowest BCUT2D eigenvalue weighted by molar-refractivity contribution is 0.269. The highest BCUT2D eigenvalue weighted by molar-refractivity contribution is 5.38. The van der Waals surface area contributed by atoms with Crippen LogP contribution in [-0.4, -0.2) is 31.7 Å². The molecule has 0 spiro atoms. The Morgan fingerprint density at radius 3 is 3.13 bits per heavy atom. The van der Waals surface area contributed by atoms with E-state index in [1.807, 2.05) is 6.20 Å². The van der Waals surface area contributed by atoms with Gasteiger partial charge >= 0.3 is 0 Å². The molecule has 3 N–H and O–H groups in total. The number of aliphatic hydroxyl groups is 1. The maximum atomic E-state index is 8.72. The summed E-state index contributed by atoms with van der Waals surface area (Å²) in [6.07, 6.45) is 7.20. The summed E-state index contributed by atoms with van der Waals surface area (Å²) in [4.78, 5) is 0. The lowest BCUT2D eigenvalue weighted by atomic mass is 10.3. The monoisotopic (exact) mass is 207 g/mol. The maximum Gasteiger partial charge on any atom is 0.0726 e. The van der Waals surface area contributed by atoms with Gasteiger partial charge in [0.2, 0.25) is 0 Å². The van der Waals surface area contributed by atoms with Crippen molar-refractivity contribution in [2.24, 2.45) is 0 Å². The van der Waals surface area contributed by atoms with E-state index in [2.05, 4.69) is 20.6 Å². The van der Waals surface area contributed by atoms with Gasteiger partial charge in [-0.15, -0.1) is 0 Å². The molecule has 0 aliphatic carbocycles. The average molecular weight is 207 g/mol. The molecule has 0 radical (unpaired) electrons. The number of aromatic nitrogens is 4. The third-order valence-electron chi connectivity index (χ3n) is 2.01. The van der Waals surface area contributed by atoms with Gasteiger partial charge in [-0.25, -0.2) is 0 Å². The molecule has 2 aromatic rings. The average Bonchev–Trinajstić information content (AvgIpc) is 2.85. The van der Waals surface area contributed by atoms with E-state index in [4.69, 9.17) is 5.11 Å². The van der Waals surface area contributed by atoms with Crippen LogP contribution in [0.3, 0.4) is 0 Å². The Hall–Kier alpha value is -1.82. The van der Waals surface area contributed by atoms with Crippen molar-refractivity contribution in [3.8, 4) is 0 Å². The van der Waals surface area contributed by atoms with Gasteiger partial charge in [0.05, 0.1) is 31.2 Å². The molecule has 0 amide bonds.